The molecule has 4 bridgehead atoms. The van der Waals surface area contributed by atoms with Crippen molar-refractivity contribution in [2.75, 3.05) is 6.61 Å². The number of hydrogen-bond donors (Lipinski definition) is 0. The minimum absolute atomic E-state index is 0.124. The lowest BCUT2D eigenvalue weighted by molar-refractivity contribution is -0.152. The molecule has 2 nitrogen and oxygen atoms in total. The monoisotopic (exact) mass is 250 g/mol. The van der Waals surface area contributed by atoms with Crippen LogP contribution in [0.5, 0.6) is 0 Å². The van der Waals surface area contributed by atoms with Gasteiger partial charge in [-0.2, -0.15) is 0 Å². The van der Waals surface area contributed by atoms with E-state index in [0.717, 1.165) is 29.6 Å². The molecule has 3 aliphatic carbocycles. The second kappa shape index (κ2) is 3.98. The van der Waals surface area contributed by atoms with E-state index in [2.05, 4.69) is 20.8 Å². The zero-order valence-electron chi connectivity index (χ0n) is 12.1. The lowest BCUT2D eigenvalue weighted by Gasteiger charge is -2.51. The van der Waals surface area contributed by atoms with Crippen LogP contribution in [0, 0.1) is 40.9 Å². The van der Waals surface area contributed by atoms with Gasteiger partial charge in [-0.15, -0.1) is 0 Å². The highest BCUT2D eigenvalue weighted by atomic mass is 16.5. The lowest BCUT2D eigenvalue weighted by atomic mass is 9.55. The summed E-state index contributed by atoms with van der Waals surface area (Å²) in [6.07, 6.45) is 4.26. The second-order valence-electron chi connectivity index (χ2n) is 7.35. The van der Waals surface area contributed by atoms with E-state index >= 15 is 0 Å². The zero-order valence-corrected chi connectivity index (χ0v) is 12.1. The van der Waals surface area contributed by atoms with E-state index in [-0.39, 0.29) is 11.4 Å². The summed E-state index contributed by atoms with van der Waals surface area (Å²) in [5.41, 5.74) is 0.210. The summed E-state index contributed by atoms with van der Waals surface area (Å²) in [6, 6.07) is 0. The van der Waals surface area contributed by atoms with Crippen LogP contribution in [-0.2, 0) is 9.53 Å². The molecule has 0 aromatic heterocycles. The highest BCUT2D eigenvalue weighted by Crippen LogP contribution is 2.67. The van der Waals surface area contributed by atoms with Crippen molar-refractivity contribution in [3.05, 3.63) is 0 Å². The minimum atomic E-state index is -0.124. The fraction of sp³-hybridized carbons (Fsp3) is 0.938. The normalized spacial score (nSPS) is 53.6. The van der Waals surface area contributed by atoms with Crippen LogP contribution < -0.4 is 0 Å². The molecule has 3 fully saturated rings. The Bertz CT molecular complexity index is 364. The molecule has 0 saturated heterocycles. The second-order valence-corrected chi connectivity index (χ2v) is 7.35. The van der Waals surface area contributed by atoms with Gasteiger partial charge in [0.25, 0.3) is 0 Å². The summed E-state index contributed by atoms with van der Waals surface area (Å²) in [5, 5.41) is 0. The van der Waals surface area contributed by atoms with Crippen molar-refractivity contribution in [3.8, 4) is 0 Å². The Morgan fingerprint density at radius 1 is 1.33 bits per heavy atom. The van der Waals surface area contributed by atoms with Gasteiger partial charge in [-0.3, -0.25) is 4.79 Å². The Hall–Kier alpha value is -0.530. The molecule has 7 atom stereocenters. The van der Waals surface area contributed by atoms with Crippen molar-refractivity contribution < 1.29 is 9.53 Å². The highest BCUT2D eigenvalue weighted by Gasteiger charge is 2.62. The van der Waals surface area contributed by atoms with Gasteiger partial charge >= 0.3 is 5.97 Å². The first-order chi connectivity index (χ1) is 8.45. The Labute approximate surface area is 110 Å². The predicted molar refractivity (Wildman–Crippen MR) is 70.9 cm³/mol. The molecule has 2 heteroatoms. The van der Waals surface area contributed by atoms with E-state index in [0.29, 0.717) is 12.5 Å². The summed E-state index contributed by atoms with van der Waals surface area (Å²) in [6.45, 7) is 9.36. The Morgan fingerprint density at radius 2 is 2.06 bits per heavy atom. The predicted octanol–water partition coefficient (Wildman–Crippen LogP) is 3.50. The van der Waals surface area contributed by atoms with Crippen molar-refractivity contribution in [2.24, 2.45) is 40.9 Å². The number of carbonyl (C=O) groups is 1. The molecule has 102 valence electrons. The average molecular weight is 250 g/mol. The van der Waals surface area contributed by atoms with Gasteiger partial charge in [0.2, 0.25) is 0 Å². The number of hydrogen-bond acceptors (Lipinski definition) is 2. The fourth-order valence-electron chi connectivity index (χ4n) is 5.73. The third-order valence-electron chi connectivity index (χ3n) is 6.85. The first kappa shape index (κ1) is 12.5. The maximum atomic E-state index is 11.2. The Balaban J connectivity index is 1.87. The molecule has 0 aromatic carbocycles. The first-order valence-electron chi connectivity index (χ1n) is 7.58. The standard InChI is InChI=1S/C16H26O2/c1-9-10(2)16(4,8-18-11(3)17)14-7-12-5-6-13(14)15(9)12/h9-10,12-15H,5-8H2,1-4H3/t9-,10?,12?,13?,14?,15?,16?/m0/s1. The molecule has 0 heterocycles. The summed E-state index contributed by atoms with van der Waals surface area (Å²) < 4.78 is 5.42. The zero-order chi connectivity index (χ0) is 13.1. The maximum Gasteiger partial charge on any atom is 0.302 e. The topological polar surface area (TPSA) is 26.3 Å². The first-order valence-corrected chi connectivity index (χ1v) is 7.58. The van der Waals surface area contributed by atoms with E-state index in [1.165, 1.54) is 26.2 Å². The highest BCUT2D eigenvalue weighted by molar-refractivity contribution is 5.65. The van der Waals surface area contributed by atoms with E-state index in [9.17, 15) is 4.79 Å². The van der Waals surface area contributed by atoms with Crippen molar-refractivity contribution in [2.45, 2.75) is 47.0 Å². The van der Waals surface area contributed by atoms with E-state index in [4.69, 9.17) is 4.74 Å². The molecule has 0 aromatic rings. The van der Waals surface area contributed by atoms with Crippen molar-refractivity contribution >= 4 is 5.97 Å². The Kier molecular flexibility index (Phi) is 2.76. The molecule has 3 saturated carbocycles. The average Bonchev–Trinajstić information content (AvgIpc) is 2.89. The molecule has 0 spiro atoms. The minimum Gasteiger partial charge on any atom is -0.465 e. The third kappa shape index (κ3) is 1.50. The van der Waals surface area contributed by atoms with Gasteiger partial charge in [0, 0.05) is 12.3 Å². The quantitative estimate of drug-likeness (QED) is 0.701. The van der Waals surface area contributed by atoms with Crippen LogP contribution in [0.15, 0.2) is 0 Å². The van der Waals surface area contributed by atoms with Gasteiger partial charge in [0.05, 0.1) is 6.61 Å². The van der Waals surface area contributed by atoms with Crippen LogP contribution in [0.1, 0.15) is 47.0 Å². The molecule has 0 aliphatic heterocycles. The van der Waals surface area contributed by atoms with Crippen LogP contribution in [-0.4, -0.2) is 12.6 Å². The smallest absolute Gasteiger partial charge is 0.302 e. The Morgan fingerprint density at radius 3 is 2.72 bits per heavy atom. The third-order valence-corrected chi connectivity index (χ3v) is 6.85. The SMILES string of the molecule is CC(=O)OCC1(C)C2CC3CCC2C3[C@@H](C)C1C. The summed E-state index contributed by atoms with van der Waals surface area (Å²) >= 11 is 0. The largest absolute Gasteiger partial charge is 0.465 e. The maximum absolute atomic E-state index is 11.2. The van der Waals surface area contributed by atoms with Crippen LogP contribution in [0.4, 0.5) is 0 Å². The van der Waals surface area contributed by atoms with Gasteiger partial charge in [-0.1, -0.05) is 20.8 Å². The molecule has 0 radical (unpaired) electrons. The number of carbonyl (C=O) groups excluding carboxylic acids is 1. The van der Waals surface area contributed by atoms with Gasteiger partial charge in [0.15, 0.2) is 0 Å². The lowest BCUT2D eigenvalue weighted by Crippen LogP contribution is -2.48. The molecule has 3 aliphatic rings. The van der Waals surface area contributed by atoms with Crippen molar-refractivity contribution in [1.82, 2.24) is 0 Å². The van der Waals surface area contributed by atoms with Gasteiger partial charge in [-0.25, -0.2) is 0 Å². The fourth-order valence-corrected chi connectivity index (χ4v) is 5.73. The molecule has 18 heavy (non-hydrogen) atoms. The molecule has 6 unspecified atom stereocenters. The van der Waals surface area contributed by atoms with Gasteiger partial charge in [0.1, 0.15) is 0 Å². The molecule has 0 N–H and O–H groups in total. The van der Waals surface area contributed by atoms with E-state index in [1.54, 1.807) is 0 Å². The van der Waals surface area contributed by atoms with E-state index in [1.807, 2.05) is 0 Å². The van der Waals surface area contributed by atoms with Crippen LogP contribution in [0.25, 0.3) is 0 Å². The van der Waals surface area contributed by atoms with Crippen molar-refractivity contribution in [1.29, 1.82) is 0 Å². The molecular formula is C16H26O2. The number of rotatable bonds is 2. The molecule has 0 amide bonds. The summed E-state index contributed by atoms with van der Waals surface area (Å²) in [4.78, 5) is 11.2. The summed E-state index contributed by atoms with van der Waals surface area (Å²) in [5.74, 6) is 5.00. The van der Waals surface area contributed by atoms with Crippen LogP contribution >= 0.6 is 0 Å². The molecular weight excluding hydrogens is 224 g/mol. The van der Waals surface area contributed by atoms with Crippen LogP contribution in [0.3, 0.4) is 0 Å². The molecule has 3 rings (SSSR count). The van der Waals surface area contributed by atoms with Gasteiger partial charge in [-0.05, 0) is 54.8 Å². The summed E-state index contributed by atoms with van der Waals surface area (Å²) in [7, 11) is 0. The number of esters is 1. The van der Waals surface area contributed by atoms with Crippen molar-refractivity contribution in [3.63, 3.8) is 0 Å². The van der Waals surface area contributed by atoms with Gasteiger partial charge < -0.3 is 4.74 Å². The van der Waals surface area contributed by atoms with E-state index < -0.39 is 0 Å². The van der Waals surface area contributed by atoms with Crippen LogP contribution in [0.2, 0.25) is 0 Å². The number of ether oxygens (including phenoxy) is 1.